The predicted octanol–water partition coefficient (Wildman–Crippen LogP) is 4.10. The fraction of sp³-hybridized carbons (Fsp3) is 0.214. The lowest BCUT2D eigenvalue weighted by Crippen LogP contribution is -2.41. The molecule has 0 saturated carbocycles. The third-order valence-corrected chi connectivity index (χ3v) is 6.81. The number of aromatic nitrogens is 4. The summed E-state index contributed by atoms with van der Waals surface area (Å²) in [5, 5.41) is 24.0. The molecule has 3 heterocycles. The molecule has 0 aliphatic carbocycles. The lowest BCUT2D eigenvalue weighted by atomic mass is 10.00. The van der Waals surface area contributed by atoms with Gasteiger partial charge in [-0.05, 0) is 44.0 Å². The number of amides is 1. The molecule has 1 aliphatic rings. The fourth-order valence-corrected chi connectivity index (χ4v) is 4.86. The van der Waals surface area contributed by atoms with Crippen LogP contribution >= 0.6 is 0 Å². The van der Waals surface area contributed by atoms with E-state index in [1.54, 1.807) is 10.8 Å². The van der Waals surface area contributed by atoms with Gasteiger partial charge in [0.15, 0.2) is 17.0 Å². The molecule has 1 saturated heterocycles. The van der Waals surface area contributed by atoms with E-state index in [2.05, 4.69) is 15.1 Å². The van der Waals surface area contributed by atoms with Gasteiger partial charge in [-0.25, -0.2) is 23.4 Å². The second-order valence-corrected chi connectivity index (χ2v) is 9.40. The molecule has 1 unspecified atom stereocenters. The van der Waals surface area contributed by atoms with Crippen molar-refractivity contribution in [2.45, 2.75) is 25.8 Å². The number of carbonyl (C=O) groups excluding carboxylic acids is 2. The highest BCUT2D eigenvalue weighted by Gasteiger charge is 2.31. The number of fused-ring (bicyclic) bond motifs is 1. The molecule has 1 fully saturated rings. The predicted molar refractivity (Wildman–Crippen MR) is 141 cm³/mol. The minimum Gasteiger partial charge on any atom is -0.511 e. The van der Waals surface area contributed by atoms with E-state index >= 15 is 4.39 Å². The third-order valence-electron chi connectivity index (χ3n) is 6.81. The van der Waals surface area contributed by atoms with Gasteiger partial charge in [-0.3, -0.25) is 9.59 Å². The zero-order valence-corrected chi connectivity index (χ0v) is 21.3. The molecule has 0 spiro atoms. The summed E-state index contributed by atoms with van der Waals surface area (Å²) >= 11 is 0. The molecule has 40 heavy (non-hydrogen) atoms. The number of nitriles is 1. The number of benzene rings is 2. The Morgan fingerprint density at radius 3 is 2.62 bits per heavy atom. The average Bonchev–Trinajstić information content (AvgIpc) is 3.33. The van der Waals surface area contributed by atoms with Gasteiger partial charge in [0, 0.05) is 29.8 Å². The van der Waals surface area contributed by atoms with E-state index in [9.17, 15) is 24.3 Å². The first-order valence-corrected chi connectivity index (χ1v) is 12.4. The standard InChI is InChI=1S/C28H23F2N7O3/c1-15(38)21(12-31)28(40)36-9-3-6-19(13-36)37-27-23(26(32)33-14-34-27)24(35-37)20-8-7-17(11-22(20)30)25(39)16-4-2-5-18(29)10-16/h2,4-5,7-8,10-11,14,19,38H,3,6,9,13H2,1H3,(H2,32,33,34). The molecule has 1 aliphatic heterocycles. The normalized spacial score (nSPS) is 15.9. The Hall–Kier alpha value is -5.18. The minimum absolute atomic E-state index is 0.0294. The van der Waals surface area contributed by atoms with Crippen LogP contribution in [-0.4, -0.2) is 54.5 Å². The maximum Gasteiger partial charge on any atom is 0.268 e. The Bertz CT molecular complexity index is 1740. The smallest absolute Gasteiger partial charge is 0.268 e. The first-order chi connectivity index (χ1) is 19.2. The number of hydrogen-bond donors (Lipinski definition) is 2. The Labute approximate surface area is 227 Å². The highest BCUT2D eigenvalue weighted by atomic mass is 19.1. The van der Waals surface area contributed by atoms with E-state index in [4.69, 9.17) is 5.73 Å². The summed E-state index contributed by atoms with van der Waals surface area (Å²) in [6.45, 7) is 1.82. The Morgan fingerprint density at radius 1 is 1.15 bits per heavy atom. The van der Waals surface area contributed by atoms with E-state index in [1.165, 1.54) is 48.5 Å². The van der Waals surface area contributed by atoms with Crippen molar-refractivity contribution < 1.29 is 23.5 Å². The molecule has 2 aromatic carbocycles. The Balaban J connectivity index is 1.53. The molecule has 0 radical (unpaired) electrons. The van der Waals surface area contributed by atoms with Crippen molar-refractivity contribution in [2.75, 3.05) is 18.8 Å². The highest BCUT2D eigenvalue weighted by Crippen LogP contribution is 2.35. The van der Waals surface area contributed by atoms with Crippen LogP contribution in [0.25, 0.3) is 22.3 Å². The Kier molecular flexibility index (Phi) is 6.96. The number of piperidine rings is 1. The van der Waals surface area contributed by atoms with Crippen LogP contribution in [0.2, 0.25) is 0 Å². The molecule has 202 valence electrons. The molecule has 2 aromatic heterocycles. The van der Waals surface area contributed by atoms with Gasteiger partial charge in [-0.2, -0.15) is 10.4 Å². The number of nitrogens with zero attached hydrogens (tertiary/aromatic N) is 6. The van der Waals surface area contributed by atoms with E-state index in [1.807, 2.05) is 0 Å². The van der Waals surface area contributed by atoms with Gasteiger partial charge < -0.3 is 15.7 Å². The van der Waals surface area contributed by atoms with Gasteiger partial charge >= 0.3 is 0 Å². The lowest BCUT2D eigenvalue weighted by molar-refractivity contribution is -0.128. The number of allylic oxidation sites excluding steroid dienone is 1. The number of likely N-dealkylation sites (tertiary alicyclic amines) is 1. The quantitative estimate of drug-likeness (QED) is 0.165. The second kappa shape index (κ2) is 10.5. The molecule has 10 nitrogen and oxygen atoms in total. The molecular formula is C28H23F2N7O3. The van der Waals surface area contributed by atoms with Crippen molar-refractivity contribution in [3.63, 3.8) is 0 Å². The summed E-state index contributed by atoms with van der Waals surface area (Å²) in [5.41, 5.74) is 6.48. The van der Waals surface area contributed by atoms with Gasteiger partial charge in [-0.1, -0.05) is 18.2 Å². The van der Waals surface area contributed by atoms with Crippen LogP contribution in [0, 0.1) is 23.0 Å². The largest absolute Gasteiger partial charge is 0.511 e. The number of ketones is 1. The number of anilines is 1. The van der Waals surface area contributed by atoms with Crippen molar-refractivity contribution in [3.8, 4) is 17.3 Å². The zero-order chi connectivity index (χ0) is 28.6. The number of hydrogen-bond acceptors (Lipinski definition) is 8. The van der Waals surface area contributed by atoms with Crippen molar-refractivity contribution >= 4 is 28.5 Å². The molecule has 5 rings (SSSR count). The van der Waals surface area contributed by atoms with E-state index in [0.717, 1.165) is 12.1 Å². The first-order valence-electron chi connectivity index (χ1n) is 12.4. The van der Waals surface area contributed by atoms with E-state index < -0.39 is 23.3 Å². The van der Waals surface area contributed by atoms with Crippen molar-refractivity contribution in [1.29, 1.82) is 5.26 Å². The molecule has 3 N–H and O–H groups in total. The second-order valence-electron chi connectivity index (χ2n) is 9.40. The number of carbonyl (C=O) groups is 2. The maximum absolute atomic E-state index is 15.5. The summed E-state index contributed by atoms with van der Waals surface area (Å²) in [6.07, 6.45) is 2.45. The van der Waals surface area contributed by atoms with E-state index in [-0.39, 0.29) is 52.1 Å². The third kappa shape index (κ3) is 4.73. The zero-order valence-electron chi connectivity index (χ0n) is 21.3. The number of nitrogen functional groups attached to an aromatic ring is 1. The number of aliphatic hydroxyl groups excluding tert-OH is 1. The monoisotopic (exact) mass is 543 g/mol. The Morgan fingerprint density at radius 2 is 1.93 bits per heavy atom. The van der Waals surface area contributed by atoms with Crippen LogP contribution in [0.15, 0.2) is 60.1 Å². The summed E-state index contributed by atoms with van der Waals surface area (Å²) in [4.78, 5) is 35.5. The molecular weight excluding hydrogens is 520 g/mol. The van der Waals surface area contributed by atoms with Gasteiger partial charge in [-0.15, -0.1) is 0 Å². The number of halogens is 2. The number of nitrogens with two attached hydrogens (primary N) is 1. The molecule has 12 heteroatoms. The molecule has 1 atom stereocenters. The summed E-state index contributed by atoms with van der Waals surface area (Å²) in [5.74, 6) is -2.76. The number of rotatable bonds is 5. The average molecular weight is 544 g/mol. The van der Waals surface area contributed by atoms with Crippen molar-refractivity contribution in [1.82, 2.24) is 24.6 Å². The van der Waals surface area contributed by atoms with Gasteiger partial charge in [0.25, 0.3) is 5.91 Å². The highest BCUT2D eigenvalue weighted by molar-refractivity contribution is 6.09. The molecule has 4 aromatic rings. The van der Waals surface area contributed by atoms with Gasteiger partial charge in [0.1, 0.15) is 41.3 Å². The maximum atomic E-state index is 15.5. The van der Waals surface area contributed by atoms with Gasteiger partial charge in [0.2, 0.25) is 0 Å². The van der Waals surface area contributed by atoms with E-state index in [0.29, 0.717) is 30.4 Å². The summed E-state index contributed by atoms with van der Waals surface area (Å²) in [7, 11) is 0. The van der Waals surface area contributed by atoms with Crippen LogP contribution in [0.1, 0.15) is 41.7 Å². The molecule has 1 amide bonds. The van der Waals surface area contributed by atoms with Crippen LogP contribution in [0.5, 0.6) is 0 Å². The van der Waals surface area contributed by atoms with Crippen molar-refractivity contribution in [2.24, 2.45) is 0 Å². The molecule has 0 bridgehead atoms. The summed E-state index contributed by atoms with van der Waals surface area (Å²) in [6, 6.07) is 10.4. The van der Waals surface area contributed by atoms with Crippen LogP contribution in [0.4, 0.5) is 14.6 Å². The van der Waals surface area contributed by atoms with Crippen LogP contribution in [0.3, 0.4) is 0 Å². The van der Waals surface area contributed by atoms with Crippen LogP contribution < -0.4 is 5.73 Å². The van der Waals surface area contributed by atoms with Gasteiger partial charge in [0.05, 0.1) is 11.4 Å². The number of aliphatic hydroxyl groups is 1. The van der Waals surface area contributed by atoms with Crippen LogP contribution in [-0.2, 0) is 4.79 Å². The first kappa shape index (κ1) is 26.4. The minimum atomic E-state index is -0.750. The topological polar surface area (TPSA) is 151 Å². The van der Waals surface area contributed by atoms with Crippen molar-refractivity contribution in [3.05, 3.63) is 82.9 Å². The summed E-state index contributed by atoms with van der Waals surface area (Å²) < 4.78 is 30.7. The SMILES string of the molecule is CC(O)=C(C#N)C(=O)N1CCCC(n2nc(-c3ccc(C(=O)c4cccc(F)c4)cc3F)c3c(N)ncnc32)C1. The lowest BCUT2D eigenvalue weighted by Gasteiger charge is -2.32. The fourth-order valence-electron chi connectivity index (χ4n) is 4.86.